The standard InChI is InChI=1S/C24H34N2O3S/c1-18-13-14-19(2)21(15-18)26(30(28,29)20-11-9-8-10-12-20)16-22(27)25-24(6,7)17-23(3,4)5/h8-15H,16-17H2,1-7H3,(H,25,27). The van der Waals surface area contributed by atoms with E-state index < -0.39 is 15.6 Å². The summed E-state index contributed by atoms with van der Waals surface area (Å²) in [6, 6.07) is 13.8. The summed E-state index contributed by atoms with van der Waals surface area (Å²) < 4.78 is 28.2. The predicted octanol–water partition coefficient (Wildman–Crippen LogP) is 4.83. The Kier molecular flexibility index (Phi) is 7.02. The zero-order chi connectivity index (χ0) is 22.7. The van der Waals surface area contributed by atoms with Gasteiger partial charge in [-0.05, 0) is 68.9 Å². The van der Waals surface area contributed by atoms with Crippen LogP contribution in [0.1, 0.15) is 52.2 Å². The highest BCUT2D eigenvalue weighted by Crippen LogP contribution is 2.29. The van der Waals surface area contributed by atoms with Crippen LogP contribution in [-0.2, 0) is 14.8 Å². The number of anilines is 1. The average Bonchev–Trinajstić information content (AvgIpc) is 2.60. The third kappa shape index (κ3) is 6.33. The molecule has 30 heavy (non-hydrogen) atoms. The highest BCUT2D eigenvalue weighted by molar-refractivity contribution is 7.92. The number of carbonyl (C=O) groups excluding carboxylic acids is 1. The molecule has 164 valence electrons. The minimum Gasteiger partial charge on any atom is -0.350 e. The Morgan fingerprint density at radius 3 is 2.13 bits per heavy atom. The minimum absolute atomic E-state index is 0.0275. The van der Waals surface area contributed by atoms with Crippen molar-refractivity contribution in [2.45, 2.75) is 65.3 Å². The highest BCUT2D eigenvalue weighted by atomic mass is 32.2. The number of sulfonamides is 1. The van der Waals surface area contributed by atoms with Gasteiger partial charge in [0.1, 0.15) is 6.54 Å². The van der Waals surface area contributed by atoms with E-state index in [1.807, 2.05) is 45.9 Å². The third-order valence-corrected chi connectivity index (χ3v) is 6.48. The summed E-state index contributed by atoms with van der Waals surface area (Å²) in [4.78, 5) is 13.1. The van der Waals surface area contributed by atoms with Gasteiger partial charge in [0.05, 0.1) is 10.6 Å². The molecule has 1 N–H and O–H groups in total. The van der Waals surface area contributed by atoms with Crippen molar-refractivity contribution in [2.75, 3.05) is 10.8 Å². The lowest BCUT2D eigenvalue weighted by Gasteiger charge is -2.34. The summed E-state index contributed by atoms with van der Waals surface area (Å²) in [5.41, 5.74) is 1.81. The van der Waals surface area contributed by atoms with Crippen molar-refractivity contribution < 1.29 is 13.2 Å². The fourth-order valence-electron chi connectivity index (χ4n) is 3.92. The summed E-state index contributed by atoms with van der Waals surface area (Å²) >= 11 is 0. The lowest BCUT2D eigenvalue weighted by Crippen LogP contribution is -2.50. The van der Waals surface area contributed by atoms with Crippen LogP contribution in [0.4, 0.5) is 5.69 Å². The average molecular weight is 431 g/mol. The molecular weight excluding hydrogens is 396 g/mol. The van der Waals surface area contributed by atoms with Crippen molar-refractivity contribution in [3.05, 3.63) is 59.7 Å². The number of amides is 1. The lowest BCUT2D eigenvalue weighted by molar-refractivity contribution is -0.121. The number of hydrogen-bond acceptors (Lipinski definition) is 3. The fraction of sp³-hybridized carbons (Fsp3) is 0.458. The number of carbonyl (C=O) groups is 1. The van der Waals surface area contributed by atoms with Crippen LogP contribution in [-0.4, -0.2) is 26.4 Å². The van der Waals surface area contributed by atoms with E-state index in [1.165, 1.54) is 4.31 Å². The van der Waals surface area contributed by atoms with Gasteiger partial charge >= 0.3 is 0 Å². The maximum atomic E-state index is 13.5. The first-order valence-electron chi connectivity index (χ1n) is 10.2. The molecule has 2 aromatic rings. The quantitative estimate of drug-likeness (QED) is 0.684. The molecule has 0 radical (unpaired) electrons. The molecule has 0 unspecified atom stereocenters. The van der Waals surface area contributed by atoms with Crippen LogP contribution in [0.5, 0.6) is 0 Å². The van der Waals surface area contributed by atoms with E-state index >= 15 is 0 Å². The summed E-state index contributed by atoms with van der Waals surface area (Å²) in [6.07, 6.45) is 0.765. The van der Waals surface area contributed by atoms with Crippen molar-refractivity contribution in [1.29, 1.82) is 0 Å². The molecule has 0 aliphatic heterocycles. The Hall–Kier alpha value is -2.34. The van der Waals surface area contributed by atoms with Crippen LogP contribution < -0.4 is 9.62 Å². The lowest BCUT2D eigenvalue weighted by atomic mass is 9.82. The molecule has 0 aromatic heterocycles. The molecule has 0 spiro atoms. The second-order valence-electron chi connectivity index (χ2n) is 9.78. The van der Waals surface area contributed by atoms with E-state index in [2.05, 4.69) is 26.1 Å². The second-order valence-corrected chi connectivity index (χ2v) is 11.6. The smallest absolute Gasteiger partial charge is 0.264 e. The van der Waals surface area contributed by atoms with Crippen LogP contribution in [0.25, 0.3) is 0 Å². The molecule has 0 aliphatic rings. The maximum absolute atomic E-state index is 13.5. The van der Waals surface area contributed by atoms with Gasteiger partial charge in [0.25, 0.3) is 10.0 Å². The third-order valence-electron chi connectivity index (χ3n) is 4.70. The van der Waals surface area contributed by atoms with Crippen LogP contribution in [0.3, 0.4) is 0 Å². The maximum Gasteiger partial charge on any atom is 0.264 e. The molecule has 0 atom stereocenters. The van der Waals surface area contributed by atoms with Crippen molar-refractivity contribution in [3.8, 4) is 0 Å². The predicted molar refractivity (Wildman–Crippen MR) is 123 cm³/mol. The first kappa shape index (κ1) is 23.9. The monoisotopic (exact) mass is 430 g/mol. The first-order chi connectivity index (χ1) is 13.7. The Labute approximate surface area is 181 Å². The summed E-state index contributed by atoms with van der Waals surface area (Å²) in [5, 5.41) is 3.03. The van der Waals surface area contributed by atoms with E-state index in [9.17, 15) is 13.2 Å². The van der Waals surface area contributed by atoms with Crippen molar-refractivity contribution in [1.82, 2.24) is 5.32 Å². The van der Waals surface area contributed by atoms with Gasteiger partial charge in [0, 0.05) is 5.54 Å². The Morgan fingerprint density at radius 2 is 1.57 bits per heavy atom. The van der Waals surface area contributed by atoms with Crippen LogP contribution in [0, 0.1) is 19.3 Å². The van der Waals surface area contributed by atoms with E-state index in [-0.39, 0.29) is 22.8 Å². The topological polar surface area (TPSA) is 66.5 Å². The molecule has 0 bridgehead atoms. The van der Waals surface area contributed by atoms with Crippen molar-refractivity contribution in [3.63, 3.8) is 0 Å². The van der Waals surface area contributed by atoms with Gasteiger partial charge in [-0.3, -0.25) is 9.10 Å². The molecule has 5 nitrogen and oxygen atoms in total. The van der Waals surface area contributed by atoms with Gasteiger partial charge in [0.2, 0.25) is 5.91 Å². The summed E-state index contributed by atoms with van der Waals surface area (Å²) in [5.74, 6) is -0.329. The zero-order valence-corrected chi connectivity index (χ0v) is 19.9. The van der Waals surface area contributed by atoms with Crippen LogP contribution in [0.15, 0.2) is 53.4 Å². The second kappa shape index (κ2) is 8.80. The molecule has 0 saturated carbocycles. The minimum atomic E-state index is -3.91. The molecule has 0 fully saturated rings. The molecule has 2 aromatic carbocycles. The Balaban J connectivity index is 2.43. The van der Waals surface area contributed by atoms with Gasteiger partial charge in [-0.1, -0.05) is 51.1 Å². The van der Waals surface area contributed by atoms with Crippen LogP contribution in [0.2, 0.25) is 0 Å². The molecule has 0 saturated heterocycles. The molecule has 6 heteroatoms. The van der Waals surface area contributed by atoms with E-state index in [1.54, 1.807) is 30.3 Å². The first-order valence-corrected chi connectivity index (χ1v) is 11.6. The van der Waals surface area contributed by atoms with E-state index in [0.29, 0.717) is 5.69 Å². The number of aryl methyl sites for hydroxylation is 2. The SMILES string of the molecule is Cc1ccc(C)c(N(CC(=O)NC(C)(C)CC(C)(C)C)S(=O)(=O)c2ccccc2)c1. The van der Waals surface area contributed by atoms with E-state index in [0.717, 1.165) is 17.5 Å². The Bertz CT molecular complexity index is 991. The van der Waals surface area contributed by atoms with Crippen LogP contribution >= 0.6 is 0 Å². The molecule has 1 amide bonds. The molecule has 0 aliphatic carbocycles. The molecule has 2 rings (SSSR count). The number of hydrogen-bond donors (Lipinski definition) is 1. The summed E-state index contributed by atoms with van der Waals surface area (Å²) in [6.45, 7) is 13.7. The van der Waals surface area contributed by atoms with Gasteiger partial charge in [0.15, 0.2) is 0 Å². The number of nitrogens with zero attached hydrogens (tertiary/aromatic N) is 1. The largest absolute Gasteiger partial charge is 0.350 e. The van der Waals surface area contributed by atoms with E-state index in [4.69, 9.17) is 0 Å². The van der Waals surface area contributed by atoms with Crippen molar-refractivity contribution in [2.24, 2.45) is 5.41 Å². The normalized spacial score (nSPS) is 12.5. The van der Waals surface area contributed by atoms with Gasteiger partial charge in [-0.15, -0.1) is 0 Å². The fourth-order valence-corrected chi connectivity index (χ4v) is 5.42. The van der Waals surface area contributed by atoms with Gasteiger partial charge < -0.3 is 5.32 Å². The van der Waals surface area contributed by atoms with Gasteiger partial charge in [-0.2, -0.15) is 0 Å². The number of nitrogens with one attached hydrogen (secondary N) is 1. The Morgan fingerprint density at radius 1 is 0.967 bits per heavy atom. The summed E-state index contributed by atoms with van der Waals surface area (Å²) in [7, 11) is -3.91. The number of benzene rings is 2. The van der Waals surface area contributed by atoms with Crippen molar-refractivity contribution >= 4 is 21.6 Å². The highest BCUT2D eigenvalue weighted by Gasteiger charge is 2.31. The molecule has 0 heterocycles. The zero-order valence-electron chi connectivity index (χ0n) is 19.1. The number of rotatable bonds is 7. The molecular formula is C24H34N2O3S. The van der Waals surface area contributed by atoms with Gasteiger partial charge in [-0.25, -0.2) is 8.42 Å².